The van der Waals surface area contributed by atoms with Gasteiger partial charge < -0.3 is 15.7 Å². The first-order chi connectivity index (χ1) is 8.15. The molecule has 0 saturated carbocycles. The molecule has 0 fully saturated rings. The van der Waals surface area contributed by atoms with Gasteiger partial charge in [0.25, 0.3) is 0 Å². The van der Waals surface area contributed by atoms with E-state index < -0.39 is 11.0 Å². The molecule has 0 aromatic heterocycles. The summed E-state index contributed by atoms with van der Waals surface area (Å²) in [6.07, 6.45) is 1.07. The second-order valence-electron chi connectivity index (χ2n) is 4.04. The Kier molecular flexibility index (Phi) is 3.47. The van der Waals surface area contributed by atoms with E-state index in [0.717, 1.165) is 23.5 Å². The van der Waals surface area contributed by atoms with Gasteiger partial charge in [0.2, 0.25) is 0 Å². The van der Waals surface area contributed by atoms with Crippen molar-refractivity contribution in [3.63, 3.8) is 0 Å². The van der Waals surface area contributed by atoms with Crippen molar-refractivity contribution in [2.75, 3.05) is 16.4 Å². The van der Waals surface area contributed by atoms with Gasteiger partial charge in [0.05, 0.1) is 17.8 Å². The van der Waals surface area contributed by atoms with Crippen molar-refractivity contribution in [2.45, 2.75) is 24.8 Å². The van der Waals surface area contributed by atoms with E-state index in [1.807, 2.05) is 24.3 Å². The summed E-state index contributed by atoms with van der Waals surface area (Å²) >= 11 is 1.61. The summed E-state index contributed by atoms with van der Waals surface area (Å²) in [6, 6.07) is 7.79. The van der Waals surface area contributed by atoms with Crippen LogP contribution in [-0.4, -0.2) is 21.8 Å². The number of carboxylic acid groups (broad SMARTS) is 1. The van der Waals surface area contributed by atoms with E-state index in [-0.39, 0.29) is 6.42 Å². The molecular weight excluding hydrogens is 236 g/mol. The molecule has 0 unspecified atom stereocenters. The Labute approximate surface area is 105 Å². The fourth-order valence-electron chi connectivity index (χ4n) is 1.87. The van der Waals surface area contributed by atoms with E-state index in [9.17, 15) is 4.79 Å². The fraction of sp³-hybridized carbons (Fsp3) is 0.417. The SMILES string of the molecule is CCCSC1(CC(=O)O)Nc2ccccc2N1. The first-order valence-corrected chi connectivity index (χ1v) is 6.65. The molecule has 0 radical (unpaired) electrons. The summed E-state index contributed by atoms with van der Waals surface area (Å²) in [4.78, 5) is 10.4. The minimum absolute atomic E-state index is 0.0480. The molecule has 17 heavy (non-hydrogen) atoms. The van der Waals surface area contributed by atoms with Crippen molar-refractivity contribution >= 4 is 29.1 Å². The zero-order valence-electron chi connectivity index (χ0n) is 9.69. The van der Waals surface area contributed by atoms with Gasteiger partial charge in [0.1, 0.15) is 0 Å². The van der Waals surface area contributed by atoms with Crippen molar-refractivity contribution in [2.24, 2.45) is 0 Å². The molecule has 3 N–H and O–H groups in total. The van der Waals surface area contributed by atoms with Crippen LogP contribution in [-0.2, 0) is 4.79 Å². The molecule has 0 amide bonds. The van der Waals surface area contributed by atoms with Crippen LogP contribution in [0.2, 0.25) is 0 Å². The summed E-state index contributed by atoms with van der Waals surface area (Å²) in [7, 11) is 0. The van der Waals surface area contributed by atoms with Crippen LogP contribution in [0.1, 0.15) is 19.8 Å². The third-order valence-electron chi connectivity index (χ3n) is 2.55. The molecule has 5 heteroatoms. The molecule has 1 heterocycles. The predicted octanol–water partition coefficient (Wildman–Crippen LogP) is 2.80. The summed E-state index contributed by atoms with van der Waals surface area (Å²) in [5.74, 6) is 0.114. The lowest BCUT2D eigenvalue weighted by Crippen LogP contribution is -2.40. The quantitative estimate of drug-likeness (QED) is 0.752. The van der Waals surface area contributed by atoms with Gasteiger partial charge >= 0.3 is 5.97 Å². The summed E-state index contributed by atoms with van der Waals surface area (Å²) in [5.41, 5.74) is 1.94. The van der Waals surface area contributed by atoms with Gasteiger partial charge in [-0.2, -0.15) is 0 Å². The molecule has 0 bridgehead atoms. The van der Waals surface area contributed by atoms with Gasteiger partial charge in [0.15, 0.2) is 4.99 Å². The van der Waals surface area contributed by atoms with Gasteiger partial charge in [-0.05, 0) is 24.3 Å². The zero-order chi connectivity index (χ0) is 12.3. The first-order valence-electron chi connectivity index (χ1n) is 5.66. The number of hydrogen-bond acceptors (Lipinski definition) is 4. The average Bonchev–Trinajstić information content (AvgIpc) is 2.63. The number of hydrogen-bond donors (Lipinski definition) is 3. The number of thioether (sulfide) groups is 1. The van der Waals surface area contributed by atoms with Crippen LogP contribution >= 0.6 is 11.8 Å². The number of para-hydroxylation sites is 2. The van der Waals surface area contributed by atoms with Gasteiger partial charge in [-0.15, -0.1) is 11.8 Å². The van der Waals surface area contributed by atoms with Crippen molar-refractivity contribution < 1.29 is 9.90 Å². The van der Waals surface area contributed by atoms with Gasteiger partial charge in [-0.1, -0.05) is 19.1 Å². The third kappa shape index (κ3) is 2.66. The standard InChI is InChI=1S/C12H16N2O2S/c1-2-7-17-12(8-11(15)16)13-9-5-3-4-6-10(9)14-12/h3-6,13-14H,2,7-8H2,1H3,(H,15,16). The highest BCUT2D eigenvalue weighted by molar-refractivity contribution is 8.00. The van der Waals surface area contributed by atoms with Crippen LogP contribution in [0.5, 0.6) is 0 Å². The summed E-state index contributed by atoms with van der Waals surface area (Å²) in [6.45, 7) is 2.09. The minimum atomic E-state index is -0.804. The molecule has 0 saturated heterocycles. The smallest absolute Gasteiger partial charge is 0.308 e. The number of fused-ring (bicyclic) bond motifs is 1. The monoisotopic (exact) mass is 252 g/mol. The minimum Gasteiger partial charge on any atom is -0.481 e. The fourth-order valence-corrected chi connectivity index (χ4v) is 3.01. The second-order valence-corrected chi connectivity index (χ2v) is 5.44. The van der Waals surface area contributed by atoms with Crippen LogP contribution in [0.3, 0.4) is 0 Å². The van der Waals surface area contributed by atoms with Crippen LogP contribution in [0, 0.1) is 0 Å². The Hall–Kier alpha value is -1.36. The molecular formula is C12H16N2O2S. The maximum atomic E-state index is 11.0. The van der Waals surface area contributed by atoms with Crippen molar-refractivity contribution in [1.82, 2.24) is 0 Å². The summed E-state index contributed by atoms with van der Waals surface area (Å²) < 4.78 is 0. The third-order valence-corrected chi connectivity index (χ3v) is 4.01. The number of aliphatic carboxylic acids is 1. The Morgan fingerprint density at radius 1 is 1.35 bits per heavy atom. The van der Waals surface area contributed by atoms with Gasteiger partial charge in [-0.25, -0.2) is 0 Å². The van der Waals surface area contributed by atoms with E-state index in [2.05, 4.69) is 17.6 Å². The number of anilines is 2. The highest BCUT2D eigenvalue weighted by Crippen LogP contribution is 2.41. The molecule has 2 rings (SSSR count). The molecule has 4 nitrogen and oxygen atoms in total. The molecule has 0 spiro atoms. The van der Waals surface area contributed by atoms with E-state index in [1.54, 1.807) is 11.8 Å². The lowest BCUT2D eigenvalue weighted by atomic mass is 10.3. The Morgan fingerprint density at radius 3 is 2.41 bits per heavy atom. The highest BCUT2D eigenvalue weighted by atomic mass is 32.2. The number of carboxylic acids is 1. The molecule has 0 atom stereocenters. The maximum absolute atomic E-state index is 11.0. The van der Waals surface area contributed by atoms with Crippen molar-refractivity contribution in [1.29, 1.82) is 0 Å². The van der Waals surface area contributed by atoms with E-state index in [0.29, 0.717) is 0 Å². The molecule has 0 aliphatic carbocycles. The molecule has 1 aliphatic heterocycles. The van der Waals surface area contributed by atoms with Crippen LogP contribution in [0.15, 0.2) is 24.3 Å². The Bertz CT molecular complexity index is 398. The Morgan fingerprint density at radius 2 is 1.94 bits per heavy atom. The number of benzene rings is 1. The average molecular weight is 252 g/mol. The number of nitrogens with one attached hydrogen (secondary N) is 2. The lowest BCUT2D eigenvalue weighted by molar-refractivity contribution is -0.137. The number of carbonyl (C=O) groups is 1. The zero-order valence-corrected chi connectivity index (χ0v) is 10.5. The second kappa shape index (κ2) is 4.87. The predicted molar refractivity (Wildman–Crippen MR) is 71.4 cm³/mol. The largest absolute Gasteiger partial charge is 0.481 e. The molecule has 1 aromatic carbocycles. The Balaban J connectivity index is 2.18. The number of rotatable bonds is 5. The lowest BCUT2D eigenvalue weighted by Gasteiger charge is -2.28. The normalized spacial score (nSPS) is 15.8. The van der Waals surface area contributed by atoms with E-state index >= 15 is 0 Å². The van der Waals surface area contributed by atoms with Gasteiger partial charge in [-0.3, -0.25) is 4.79 Å². The van der Waals surface area contributed by atoms with Gasteiger partial charge in [0, 0.05) is 0 Å². The molecule has 1 aromatic rings. The van der Waals surface area contributed by atoms with E-state index in [1.165, 1.54) is 0 Å². The first kappa shape index (κ1) is 12.1. The van der Waals surface area contributed by atoms with Crippen molar-refractivity contribution in [3.05, 3.63) is 24.3 Å². The summed E-state index contributed by atoms with van der Waals surface area (Å²) in [5, 5.41) is 15.6. The van der Waals surface area contributed by atoms with Crippen molar-refractivity contribution in [3.8, 4) is 0 Å². The van der Waals surface area contributed by atoms with Crippen LogP contribution in [0.25, 0.3) is 0 Å². The van der Waals surface area contributed by atoms with Crippen LogP contribution < -0.4 is 10.6 Å². The highest BCUT2D eigenvalue weighted by Gasteiger charge is 2.38. The van der Waals surface area contributed by atoms with E-state index in [4.69, 9.17) is 5.11 Å². The topological polar surface area (TPSA) is 61.4 Å². The van der Waals surface area contributed by atoms with Crippen LogP contribution in [0.4, 0.5) is 11.4 Å². The maximum Gasteiger partial charge on any atom is 0.308 e. The molecule has 92 valence electrons. The molecule has 1 aliphatic rings.